The average Bonchev–Trinajstić information content (AvgIpc) is 2.72. The van der Waals surface area contributed by atoms with Crippen LogP contribution in [-0.2, 0) is 4.74 Å². The van der Waals surface area contributed by atoms with E-state index in [-0.39, 0.29) is 0 Å². The predicted octanol–water partition coefficient (Wildman–Crippen LogP) is 2.51. The number of anilines is 1. The van der Waals surface area contributed by atoms with Crippen molar-refractivity contribution in [1.82, 2.24) is 4.98 Å². The monoisotopic (exact) mass is 212 g/mol. The Morgan fingerprint density at radius 3 is 3.29 bits per heavy atom. The maximum absolute atomic E-state index is 5.64. The maximum Gasteiger partial charge on any atom is 0.182 e. The van der Waals surface area contributed by atoms with E-state index in [9.17, 15) is 0 Å². The Hall–Kier alpha value is -0.610. The van der Waals surface area contributed by atoms with Crippen molar-refractivity contribution in [3.05, 3.63) is 11.6 Å². The third kappa shape index (κ3) is 2.96. The van der Waals surface area contributed by atoms with E-state index in [1.54, 1.807) is 11.3 Å². The summed E-state index contributed by atoms with van der Waals surface area (Å²) in [4.78, 5) is 4.17. The molecule has 0 spiro atoms. The van der Waals surface area contributed by atoms with Gasteiger partial charge in [0.1, 0.15) is 0 Å². The molecule has 3 nitrogen and oxygen atoms in total. The van der Waals surface area contributed by atoms with Gasteiger partial charge in [-0.1, -0.05) is 0 Å². The van der Waals surface area contributed by atoms with Crippen molar-refractivity contribution in [2.24, 2.45) is 0 Å². The molecule has 4 heteroatoms. The Morgan fingerprint density at radius 1 is 1.57 bits per heavy atom. The van der Waals surface area contributed by atoms with Gasteiger partial charge in [-0.05, 0) is 25.7 Å². The number of aromatic nitrogens is 1. The van der Waals surface area contributed by atoms with Gasteiger partial charge in [-0.15, -0.1) is 11.3 Å². The minimum Gasteiger partial charge on any atom is -0.378 e. The lowest BCUT2D eigenvalue weighted by molar-refractivity contribution is 0.0134. The Bertz CT molecular complexity index is 245. The Kier molecular flexibility index (Phi) is 3.77. The number of nitrogens with zero attached hydrogens (tertiary/aromatic N) is 1. The van der Waals surface area contributed by atoms with Gasteiger partial charge in [-0.2, -0.15) is 0 Å². The fraction of sp³-hybridized carbons (Fsp3) is 0.700. The van der Waals surface area contributed by atoms with Crippen LogP contribution in [0.1, 0.15) is 25.7 Å². The summed E-state index contributed by atoms with van der Waals surface area (Å²) in [5.41, 5.74) is 0. The van der Waals surface area contributed by atoms with Gasteiger partial charge < -0.3 is 10.1 Å². The molecule has 0 radical (unpaired) electrons. The number of thiazole rings is 1. The van der Waals surface area contributed by atoms with Crippen LogP contribution in [-0.4, -0.2) is 24.2 Å². The molecule has 1 aromatic heterocycles. The van der Waals surface area contributed by atoms with Crippen LogP contribution in [0.2, 0.25) is 0 Å². The molecule has 1 aliphatic rings. The highest BCUT2D eigenvalue weighted by Crippen LogP contribution is 2.16. The fourth-order valence-corrected chi connectivity index (χ4v) is 2.24. The molecule has 0 amide bonds. The lowest BCUT2D eigenvalue weighted by Crippen LogP contribution is -2.21. The van der Waals surface area contributed by atoms with Gasteiger partial charge in [0, 0.05) is 24.7 Å². The Labute approximate surface area is 88.5 Å². The van der Waals surface area contributed by atoms with Crippen molar-refractivity contribution >= 4 is 16.5 Å². The second-order valence-corrected chi connectivity index (χ2v) is 4.44. The molecule has 1 fully saturated rings. The Morgan fingerprint density at radius 2 is 2.57 bits per heavy atom. The number of rotatable bonds is 4. The molecule has 2 rings (SSSR count). The molecule has 1 aliphatic heterocycles. The van der Waals surface area contributed by atoms with Gasteiger partial charge in [-0.25, -0.2) is 4.98 Å². The van der Waals surface area contributed by atoms with Crippen LogP contribution in [0.15, 0.2) is 11.6 Å². The topological polar surface area (TPSA) is 34.1 Å². The van der Waals surface area contributed by atoms with E-state index in [4.69, 9.17) is 4.74 Å². The summed E-state index contributed by atoms with van der Waals surface area (Å²) in [6, 6.07) is 0. The first-order valence-corrected chi connectivity index (χ1v) is 6.08. The van der Waals surface area contributed by atoms with Crippen LogP contribution in [0, 0.1) is 0 Å². The second kappa shape index (κ2) is 5.32. The van der Waals surface area contributed by atoms with E-state index < -0.39 is 0 Å². The van der Waals surface area contributed by atoms with E-state index >= 15 is 0 Å². The van der Waals surface area contributed by atoms with Gasteiger partial charge in [-0.3, -0.25) is 0 Å². The van der Waals surface area contributed by atoms with Crippen LogP contribution >= 0.6 is 11.3 Å². The smallest absolute Gasteiger partial charge is 0.182 e. The molecule has 1 aromatic rings. The zero-order chi connectivity index (χ0) is 9.64. The molecule has 0 bridgehead atoms. The van der Waals surface area contributed by atoms with Crippen molar-refractivity contribution < 1.29 is 4.74 Å². The van der Waals surface area contributed by atoms with E-state index in [0.717, 1.165) is 24.7 Å². The summed E-state index contributed by atoms with van der Waals surface area (Å²) in [5.74, 6) is 0. The molecule has 78 valence electrons. The number of ether oxygens (including phenoxy) is 1. The van der Waals surface area contributed by atoms with E-state index in [1.807, 2.05) is 11.6 Å². The highest BCUT2D eigenvalue weighted by atomic mass is 32.1. The fourth-order valence-electron chi connectivity index (χ4n) is 1.69. The van der Waals surface area contributed by atoms with Crippen molar-refractivity contribution in [2.75, 3.05) is 18.5 Å². The third-order valence-electron chi connectivity index (χ3n) is 2.45. The third-order valence-corrected chi connectivity index (χ3v) is 3.18. The maximum atomic E-state index is 5.64. The van der Waals surface area contributed by atoms with Gasteiger partial charge in [0.2, 0.25) is 0 Å². The number of nitrogens with one attached hydrogen (secondary N) is 1. The number of hydrogen-bond donors (Lipinski definition) is 1. The zero-order valence-electron chi connectivity index (χ0n) is 8.24. The van der Waals surface area contributed by atoms with Crippen LogP contribution in [0.25, 0.3) is 0 Å². The molecule has 0 aromatic carbocycles. The summed E-state index contributed by atoms with van der Waals surface area (Å²) in [5, 5.41) is 6.30. The normalized spacial score (nSPS) is 22.1. The van der Waals surface area contributed by atoms with Gasteiger partial charge in [0.25, 0.3) is 0 Å². The van der Waals surface area contributed by atoms with Crippen LogP contribution in [0.5, 0.6) is 0 Å². The van der Waals surface area contributed by atoms with Crippen LogP contribution < -0.4 is 5.32 Å². The first kappa shape index (κ1) is 9.93. The van der Waals surface area contributed by atoms with Crippen molar-refractivity contribution in [1.29, 1.82) is 0 Å². The zero-order valence-corrected chi connectivity index (χ0v) is 9.05. The van der Waals surface area contributed by atoms with Crippen LogP contribution in [0.3, 0.4) is 0 Å². The molecular weight excluding hydrogens is 196 g/mol. The highest BCUT2D eigenvalue weighted by molar-refractivity contribution is 7.13. The molecular formula is C10H16N2OS. The minimum absolute atomic E-state index is 0.469. The van der Waals surface area contributed by atoms with Crippen molar-refractivity contribution in [3.8, 4) is 0 Å². The molecule has 0 aliphatic carbocycles. The van der Waals surface area contributed by atoms with Gasteiger partial charge >= 0.3 is 0 Å². The lowest BCUT2D eigenvalue weighted by Gasteiger charge is -2.22. The summed E-state index contributed by atoms with van der Waals surface area (Å²) in [7, 11) is 0. The van der Waals surface area contributed by atoms with E-state index in [0.29, 0.717) is 6.10 Å². The molecule has 1 saturated heterocycles. The Balaban J connectivity index is 1.62. The summed E-state index contributed by atoms with van der Waals surface area (Å²) >= 11 is 1.65. The summed E-state index contributed by atoms with van der Waals surface area (Å²) in [6.07, 6.45) is 7.16. The summed E-state index contributed by atoms with van der Waals surface area (Å²) in [6.45, 7) is 1.92. The van der Waals surface area contributed by atoms with Gasteiger partial charge in [0.15, 0.2) is 5.13 Å². The minimum atomic E-state index is 0.469. The van der Waals surface area contributed by atoms with Crippen molar-refractivity contribution in [2.45, 2.75) is 31.8 Å². The summed E-state index contributed by atoms with van der Waals surface area (Å²) < 4.78 is 5.64. The number of hydrogen-bond acceptors (Lipinski definition) is 4. The van der Waals surface area contributed by atoms with Crippen molar-refractivity contribution in [3.63, 3.8) is 0 Å². The first-order valence-electron chi connectivity index (χ1n) is 5.20. The first-order chi connectivity index (χ1) is 6.95. The molecule has 1 unspecified atom stereocenters. The van der Waals surface area contributed by atoms with E-state index in [1.165, 1.54) is 19.3 Å². The molecule has 0 saturated carbocycles. The predicted molar refractivity (Wildman–Crippen MR) is 58.8 cm³/mol. The largest absolute Gasteiger partial charge is 0.378 e. The molecule has 1 atom stereocenters. The second-order valence-electron chi connectivity index (χ2n) is 3.54. The average molecular weight is 212 g/mol. The van der Waals surface area contributed by atoms with Crippen LogP contribution in [0.4, 0.5) is 5.13 Å². The van der Waals surface area contributed by atoms with E-state index in [2.05, 4.69) is 10.3 Å². The lowest BCUT2D eigenvalue weighted by atomic mass is 10.1. The quantitative estimate of drug-likeness (QED) is 0.832. The van der Waals surface area contributed by atoms with Gasteiger partial charge in [0.05, 0.1) is 6.10 Å². The molecule has 14 heavy (non-hydrogen) atoms. The SMILES string of the molecule is c1csc(NCCC2CCCCO2)n1. The molecule has 2 heterocycles. The standard InChI is InChI=1S/C10H16N2OS/c1-2-7-13-9(3-1)4-5-11-10-12-6-8-14-10/h6,8-9H,1-5,7H2,(H,11,12). The molecule has 1 N–H and O–H groups in total. The highest BCUT2D eigenvalue weighted by Gasteiger charge is 2.12.